The third kappa shape index (κ3) is 3.89. The summed E-state index contributed by atoms with van der Waals surface area (Å²) in [6.07, 6.45) is 3.23. The lowest BCUT2D eigenvalue weighted by molar-refractivity contribution is -0.132. The summed E-state index contributed by atoms with van der Waals surface area (Å²) in [4.78, 5) is 26.1. The molecule has 1 fully saturated rings. The summed E-state index contributed by atoms with van der Waals surface area (Å²) in [7, 11) is 0. The number of nitrogens with two attached hydrogens (primary N) is 1. The van der Waals surface area contributed by atoms with E-state index in [-0.39, 0.29) is 18.1 Å². The molecule has 21 heavy (non-hydrogen) atoms. The van der Waals surface area contributed by atoms with E-state index in [0.29, 0.717) is 11.1 Å². The molecule has 1 atom stereocenters. The van der Waals surface area contributed by atoms with E-state index in [1.165, 1.54) is 0 Å². The van der Waals surface area contributed by atoms with E-state index >= 15 is 0 Å². The molecule has 0 saturated carbocycles. The van der Waals surface area contributed by atoms with Crippen molar-refractivity contribution in [3.8, 4) is 6.07 Å². The van der Waals surface area contributed by atoms with Crippen LogP contribution in [-0.4, -0.2) is 35.7 Å². The highest BCUT2D eigenvalue weighted by atomic mass is 16.2. The van der Waals surface area contributed by atoms with Gasteiger partial charge in [-0.15, -0.1) is 0 Å². The van der Waals surface area contributed by atoms with Crippen LogP contribution < -0.4 is 5.73 Å². The van der Waals surface area contributed by atoms with Crippen molar-refractivity contribution >= 4 is 11.7 Å². The van der Waals surface area contributed by atoms with Crippen LogP contribution in [0.3, 0.4) is 0 Å². The minimum absolute atomic E-state index is 0.0405. The predicted molar refractivity (Wildman–Crippen MR) is 78.5 cm³/mol. The van der Waals surface area contributed by atoms with Gasteiger partial charge in [0.1, 0.15) is 0 Å². The first-order valence-electron chi connectivity index (χ1n) is 7.19. The fourth-order valence-electron chi connectivity index (χ4n) is 2.48. The van der Waals surface area contributed by atoms with Gasteiger partial charge in [0.2, 0.25) is 5.91 Å². The van der Waals surface area contributed by atoms with Crippen molar-refractivity contribution < 1.29 is 9.59 Å². The molecule has 0 bridgehead atoms. The number of benzene rings is 1. The maximum absolute atomic E-state index is 12.2. The second-order valence-electron chi connectivity index (χ2n) is 5.31. The van der Waals surface area contributed by atoms with E-state index in [0.717, 1.165) is 32.4 Å². The van der Waals surface area contributed by atoms with Gasteiger partial charge in [-0.25, -0.2) is 0 Å². The van der Waals surface area contributed by atoms with Crippen LogP contribution in [0, 0.1) is 11.3 Å². The lowest BCUT2D eigenvalue weighted by Gasteiger charge is -2.27. The number of hydrogen-bond donors (Lipinski definition) is 1. The monoisotopic (exact) mass is 285 g/mol. The van der Waals surface area contributed by atoms with Gasteiger partial charge in [0, 0.05) is 25.1 Å². The molecule has 1 aliphatic rings. The zero-order chi connectivity index (χ0) is 15.2. The lowest BCUT2D eigenvalue weighted by Crippen LogP contribution is -2.41. The number of nitrogens with zero attached hydrogens (tertiary/aromatic N) is 2. The van der Waals surface area contributed by atoms with Gasteiger partial charge in [0.15, 0.2) is 5.78 Å². The number of hydrogen-bond acceptors (Lipinski definition) is 4. The normalized spacial score (nSPS) is 16.1. The predicted octanol–water partition coefficient (Wildman–Crippen LogP) is 1.47. The highest BCUT2D eigenvalue weighted by Gasteiger charge is 2.23. The molecular formula is C16H19N3O2. The molecule has 1 unspecified atom stereocenters. The molecule has 5 nitrogen and oxygen atoms in total. The first-order chi connectivity index (χ1) is 10.1. The third-order valence-corrected chi connectivity index (χ3v) is 3.74. The lowest BCUT2D eigenvalue weighted by atomic mass is 10.0. The standard InChI is InChI=1S/C16H19N3O2/c17-11-12-4-6-13(7-5-12)16(21)14(18)10-15(20)19-8-2-1-3-9-19/h4-7,14H,1-3,8-10,18H2. The Kier molecular flexibility index (Phi) is 5.07. The number of carbonyl (C=O) groups excluding carboxylic acids is 2. The quantitative estimate of drug-likeness (QED) is 0.849. The Morgan fingerprint density at radius 2 is 1.81 bits per heavy atom. The second kappa shape index (κ2) is 7.00. The number of Topliss-reactive ketones (excluding diaryl/α,β-unsaturated/α-hetero) is 1. The van der Waals surface area contributed by atoms with Crippen molar-refractivity contribution in [2.24, 2.45) is 5.73 Å². The fraction of sp³-hybridized carbons (Fsp3) is 0.438. The molecule has 1 amide bonds. The van der Waals surface area contributed by atoms with Crippen LogP contribution in [0.25, 0.3) is 0 Å². The Balaban J connectivity index is 1.95. The van der Waals surface area contributed by atoms with Gasteiger partial charge in [-0.1, -0.05) is 12.1 Å². The van der Waals surface area contributed by atoms with Gasteiger partial charge in [0.05, 0.1) is 17.7 Å². The Bertz CT molecular complexity index is 554. The maximum atomic E-state index is 12.2. The minimum atomic E-state index is -0.827. The topological polar surface area (TPSA) is 87.2 Å². The molecule has 2 N–H and O–H groups in total. The molecule has 1 aliphatic heterocycles. The van der Waals surface area contributed by atoms with Gasteiger partial charge < -0.3 is 10.6 Å². The molecule has 0 radical (unpaired) electrons. The van der Waals surface area contributed by atoms with Gasteiger partial charge >= 0.3 is 0 Å². The van der Waals surface area contributed by atoms with E-state index < -0.39 is 6.04 Å². The first-order valence-corrected chi connectivity index (χ1v) is 7.19. The van der Waals surface area contributed by atoms with Crippen LogP contribution in [0.5, 0.6) is 0 Å². The van der Waals surface area contributed by atoms with Gasteiger partial charge in [-0.05, 0) is 31.4 Å². The van der Waals surface area contributed by atoms with Crippen LogP contribution >= 0.6 is 0 Å². The Hall–Kier alpha value is -2.19. The minimum Gasteiger partial charge on any atom is -0.343 e. The van der Waals surface area contributed by atoms with E-state index in [2.05, 4.69) is 0 Å². The van der Waals surface area contributed by atoms with Gasteiger partial charge in [0.25, 0.3) is 0 Å². The van der Waals surface area contributed by atoms with Crippen molar-refractivity contribution in [3.05, 3.63) is 35.4 Å². The number of likely N-dealkylation sites (tertiary alicyclic amines) is 1. The molecule has 5 heteroatoms. The average Bonchev–Trinajstić information content (AvgIpc) is 2.55. The smallest absolute Gasteiger partial charge is 0.224 e. The number of piperidine rings is 1. The van der Waals surface area contributed by atoms with Crippen LogP contribution in [0.4, 0.5) is 0 Å². The Labute approximate surface area is 124 Å². The van der Waals surface area contributed by atoms with Crippen molar-refractivity contribution in [1.82, 2.24) is 4.90 Å². The molecule has 0 aromatic heterocycles. The SMILES string of the molecule is N#Cc1ccc(C(=O)C(N)CC(=O)N2CCCCC2)cc1. The number of carbonyl (C=O) groups is 2. The van der Waals surface area contributed by atoms with E-state index in [1.54, 1.807) is 29.2 Å². The van der Waals surface area contributed by atoms with E-state index in [4.69, 9.17) is 11.0 Å². The summed E-state index contributed by atoms with van der Waals surface area (Å²) in [5.74, 6) is -0.311. The summed E-state index contributed by atoms with van der Waals surface area (Å²) in [6, 6.07) is 7.47. The summed E-state index contributed by atoms with van der Waals surface area (Å²) < 4.78 is 0. The number of nitriles is 1. The number of amides is 1. The van der Waals surface area contributed by atoms with Crippen molar-refractivity contribution in [1.29, 1.82) is 5.26 Å². The molecule has 1 aromatic carbocycles. The molecule has 1 heterocycles. The van der Waals surface area contributed by atoms with Crippen molar-refractivity contribution in [3.63, 3.8) is 0 Å². The highest BCUT2D eigenvalue weighted by molar-refractivity contribution is 6.02. The van der Waals surface area contributed by atoms with Crippen LogP contribution in [-0.2, 0) is 4.79 Å². The second-order valence-corrected chi connectivity index (χ2v) is 5.31. The summed E-state index contributed by atoms with van der Waals surface area (Å²) in [5, 5.41) is 8.73. The van der Waals surface area contributed by atoms with Gasteiger partial charge in [-0.2, -0.15) is 5.26 Å². The van der Waals surface area contributed by atoms with Crippen molar-refractivity contribution in [2.75, 3.05) is 13.1 Å². The number of rotatable bonds is 4. The fourth-order valence-corrected chi connectivity index (χ4v) is 2.48. The zero-order valence-electron chi connectivity index (χ0n) is 11.9. The highest BCUT2D eigenvalue weighted by Crippen LogP contribution is 2.12. The van der Waals surface area contributed by atoms with E-state index in [1.807, 2.05) is 6.07 Å². The number of ketones is 1. The zero-order valence-corrected chi connectivity index (χ0v) is 11.9. The van der Waals surface area contributed by atoms with Gasteiger partial charge in [-0.3, -0.25) is 9.59 Å². The summed E-state index contributed by atoms with van der Waals surface area (Å²) in [5.41, 5.74) is 6.79. The molecule has 0 spiro atoms. The molecule has 0 aliphatic carbocycles. The molecule has 2 rings (SSSR count). The maximum Gasteiger partial charge on any atom is 0.224 e. The van der Waals surface area contributed by atoms with Crippen LogP contribution in [0.1, 0.15) is 41.6 Å². The van der Waals surface area contributed by atoms with Crippen molar-refractivity contribution in [2.45, 2.75) is 31.7 Å². The Morgan fingerprint density at radius 3 is 2.38 bits per heavy atom. The average molecular weight is 285 g/mol. The molecule has 1 saturated heterocycles. The largest absolute Gasteiger partial charge is 0.343 e. The summed E-state index contributed by atoms with van der Waals surface area (Å²) >= 11 is 0. The Morgan fingerprint density at radius 1 is 1.19 bits per heavy atom. The molecule has 110 valence electrons. The van der Waals surface area contributed by atoms with Crippen LogP contribution in [0.15, 0.2) is 24.3 Å². The summed E-state index contributed by atoms with van der Waals surface area (Å²) in [6.45, 7) is 1.52. The molecular weight excluding hydrogens is 266 g/mol. The first kappa shape index (κ1) is 15.2. The molecule has 1 aromatic rings. The van der Waals surface area contributed by atoms with E-state index in [9.17, 15) is 9.59 Å². The third-order valence-electron chi connectivity index (χ3n) is 3.74. The van der Waals surface area contributed by atoms with Crippen LogP contribution in [0.2, 0.25) is 0 Å².